The third kappa shape index (κ3) is 9.96. The molecule has 8 aromatic rings. The second kappa shape index (κ2) is 19.1. The molecule has 0 aliphatic carbocycles. The lowest BCUT2D eigenvalue weighted by atomic mass is 10.2. The highest BCUT2D eigenvalue weighted by atomic mass is 35.5. The minimum atomic E-state index is -0.527. The van der Waals surface area contributed by atoms with Crippen LogP contribution in [0.1, 0.15) is 56.9 Å². The van der Waals surface area contributed by atoms with Crippen LogP contribution in [-0.4, -0.2) is 97.4 Å². The van der Waals surface area contributed by atoms with Crippen LogP contribution in [0, 0.1) is 25.5 Å². The number of imidazole rings is 2. The number of rotatable bonds is 5. The third-order valence-corrected chi connectivity index (χ3v) is 9.97. The zero-order chi connectivity index (χ0) is 42.8. The number of ether oxygens (including phenoxy) is 2. The van der Waals surface area contributed by atoms with E-state index in [1.807, 2.05) is 19.9 Å². The molecule has 10 rings (SSSR count). The number of fused-ring (bicyclic) bond motifs is 2. The molecule has 0 radical (unpaired) electrons. The lowest BCUT2D eigenvalue weighted by Gasteiger charge is -2.36. The van der Waals surface area contributed by atoms with Gasteiger partial charge in [-0.2, -0.15) is 9.97 Å². The summed E-state index contributed by atoms with van der Waals surface area (Å²) in [5.74, 6) is 2.74. The van der Waals surface area contributed by atoms with Gasteiger partial charge in [0.15, 0.2) is 29.4 Å². The third-order valence-electron chi connectivity index (χ3n) is 9.20. The van der Waals surface area contributed by atoms with Crippen LogP contribution in [0.4, 0.5) is 14.6 Å². The molecule has 0 saturated carbocycles. The summed E-state index contributed by atoms with van der Waals surface area (Å²) in [5.41, 5.74) is 2.05. The Bertz CT molecular complexity index is 2800. The normalized spacial score (nSPS) is 18.8. The van der Waals surface area contributed by atoms with E-state index in [9.17, 15) is 8.78 Å². The predicted octanol–water partition coefficient (Wildman–Crippen LogP) is 7.54. The molecular formula is C39H39Cl3F2N14O4. The second-order valence-corrected chi connectivity index (χ2v) is 15.1. The summed E-state index contributed by atoms with van der Waals surface area (Å²) >= 11 is 17.5. The first kappa shape index (κ1) is 44.3. The molecule has 62 heavy (non-hydrogen) atoms. The largest absolute Gasteiger partial charge is 0.363 e. The number of hydrogen-bond acceptors (Lipinski definition) is 16. The van der Waals surface area contributed by atoms with Crippen molar-refractivity contribution < 1.29 is 27.3 Å². The van der Waals surface area contributed by atoms with E-state index in [-0.39, 0.29) is 41.9 Å². The molecule has 324 valence electrons. The van der Waals surface area contributed by atoms with Crippen LogP contribution >= 0.6 is 34.8 Å². The van der Waals surface area contributed by atoms with Crippen LogP contribution in [0.25, 0.3) is 34.3 Å². The Morgan fingerprint density at radius 3 is 1.77 bits per heavy atom. The maximum Gasteiger partial charge on any atom is 0.257 e. The number of anilines is 1. The highest BCUT2D eigenvalue weighted by Gasteiger charge is 2.31. The molecule has 18 nitrogen and oxygen atoms in total. The molecule has 4 atom stereocenters. The molecule has 2 aliphatic rings. The first-order valence-electron chi connectivity index (χ1n) is 18.7. The summed E-state index contributed by atoms with van der Waals surface area (Å²) in [6.45, 7) is 10.3. The molecule has 0 unspecified atom stereocenters. The molecule has 0 amide bonds. The maximum atomic E-state index is 13.7. The number of aromatic nitrogens is 12. The van der Waals surface area contributed by atoms with Gasteiger partial charge in [-0.05, 0) is 39.8 Å². The highest BCUT2D eigenvalue weighted by Crippen LogP contribution is 2.29. The topological polar surface area (TPSA) is 198 Å². The van der Waals surface area contributed by atoms with Gasteiger partial charge >= 0.3 is 0 Å². The summed E-state index contributed by atoms with van der Waals surface area (Å²) in [7, 11) is 0. The van der Waals surface area contributed by atoms with Crippen molar-refractivity contribution in [2.24, 2.45) is 0 Å². The Hall–Kier alpha value is -5.77. The van der Waals surface area contributed by atoms with Crippen LogP contribution in [0.5, 0.6) is 0 Å². The lowest BCUT2D eigenvalue weighted by Crippen LogP contribution is -2.43. The average molecular weight is 912 g/mol. The highest BCUT2D eigenvalue weighted by molar-refractivity contribution is 6.31. The van der Waals surface area contributed by atoms with E-state index in [1.165, 1.54) is 36.9 Å². The Balaban J connectivity index is 0.000000153. The Labute approximate surface area is 367 Å². The van der Waals surface area contributed by atoms with E-state index >= 15 is 0 Å². The number of nitrogens with one attached hydrogen (secondary N) is 1. The minimum Gasteiger partial charge on any atom is -0.363 e. The van der Waals surface area contributed by atoms with Gasteiger partial charge in [-0.3, -0.25) is 8.80 Å². The van der Waals surface area contributed by atoms with Crippen LogP contribution in [-0.2, 0) is 9.47 Å². The maximum absolute atomic E-state index is 13.7. The molecule has 10 heterocycles. The van der Waals surface area contributed by atoms with Crippen molar-refractivity contribution in [2.45, 2.75) is 59.5 Å². The van der Waals surface area contributed by atoms with Crippen LogP contribution in [0.2, 0.25) is 15.2 Å². The minimum absolute atomic E-state index is 0. The summed E-state index contributed by atoms with van der Waals surface area (Å²) in [6, 6.07) is 5.92. The summed E-state index contributed by atoms with van der Waals surface area (Å²) < 4.78 is 52.2. The Morgan fingerprint density at radius 1 is 0.677 bits per heavy atom. The quantitative estimate of drug-likeness (QED) is 0.166. The van der Waals surface area contributed by atoms with Gasteiger partial charge in [-0.15, -0.1) is 0 Å². The van der Waals surface area contributed by atoms with E-state index < -0.39 is 11.6 Å². The van der Waals surface area contributed by atoms with Gasteiger partial charge in [-0.1, -0.05) is 52.5 Å². The zero-order valence-electron chi connectivity index (χ0n) is 32.7. The predicted molar refractivity (Wildman–Crippen MR) is 224 cm³/mol. The number of hydrogen-bond donors (Lipinski definition) is 1. The van der Waals surface area contributed by atoms with Crippen molar-refractivity contribution in [1.82, 2.24) is 64.3 Å². The standard InChI is InChI=1S/C19H17ClFN7O2.C11H5Cl2FN4.C8H13N3O2.CH4/c1-10-7-27(9-15(29-10)19-24-11(2)26-30-19)16-3-4-22-18(25-16)14-6-23-17-5-13(21)12(20)8-28(14)17;12-6-5-18-8(4-16-10(18)3-7(6)14)11-15-2-1-9(13)17-11;1-5-3-9-4-7(12-5)8-10-6(2)11-13-8;/h3-6,8,10,15H,7,9H2,1-2H3;1-5H;5,7,9H,3-4H2,1-2H3;1H4/t10-,15-;;5-,7-;/m1.1./s1. The van der Waals surface area contributed by atoms with Crippen molar-refractivity contribution in [3.63, 3.8) is 0 Å². The van der Waals surface area contributed by atoms with Crippen molar-refractivity contribution in [2.75, 3.05) is 31.1 Å². The Morgan fingerprint density at radius 2 is 1.23 bits per heavy atom. The molecule has 2 aliphatic heterocycles. The fraction of sp³-hybridized carbons (Fsp3) is 0.333. The van der Waals surface area contributed by atoms with Crippen LogP contribution in [0.15, 0.2) is 70.5 Å². The fourth-order valence-electron chi connectivity index (χ4n) is 6.49. The van der Waals surface area contributed by atoms with Crippen LogP contribution in [0.3, 0.4) is 0 Å². The van der Waals surface area contributed by atoms with Crippen molar-refractivity contribution >= 4 is 51.9 Å². The average Bonchev–Trinajstić information content (AvgIpc) is 4.06. The molecule has 23 heteroatoms. The zero-order valence-corrected chi connectivity index (χ0v) is 35.0. The molecule has 0 aromatic carbocycles. The van der Waals surface area contributed by atoms with Gasteiger partial charge in [-0.25, -0.2) is 38.7 Å². The summed E-state index contributed by atoms with van der Waals surface area (Å²) in [5, 5.41) is 11.1. The number of morpholine rings is 2. The SMILES string of the molecule is C.Cc1noc([C@H]2CN(c3ccnc(-c4cnc5cc(F)c(Cl)cn45)n3)C[C@@H](C)O2)n1.Cc1noc([C@H]2CNC[C@@H](C)O2)n1.Fc1cc2ncc(-c3nccc(Cl)n3)n2cc1Cl. The summed E-state index contributed by atoms with van der Waals surface area (Å²) in [4.78, 5) is 36.0. The van der Waals surface area contributed by atoms with Crippen molar-refractivity contribution in [3.05, 3.63) is 112 Å². The lowest BCUT2D eigenvalue weighted by molar-refractivity contribution is -0.0438. The second-order valence-electron chi connectivity index (χ2n) is 13.9. The van der Waals surface area contributed by atoms with E-state index in [0.29, 0.717) is 76.0 Å². The van der Waals surface area contributed by atoms with Gasteiger partial charge in [0, 0.05) is 56.6 Å². The van der Waals surface area contributed by atoms with Crippen LogP contribution < -0.4 is 10.2 Å². The van der Waals surface area contributed by atoms with Gasteiger partial charge in [0.2, 0.25) is 0 Å². The Kier molecular flexibility index (Phi) is 13.6. The van der Waals surface area contributed by atoms with Gasteiger partial charge < -0.3 is 28.7 Å². The molecule has 0 spiro atoms. The number of aryl methyl sites for hydroxylation is 2. The van der Waals surface area contributed by atoms with Crippen molar-refractivity contribution in [3.8, 4) is 23.0 Å². The molecule has 8 aromatic heterocycles. The molecular weight excluding hydrogens is 873 g/mol. The van der Waals surface area contributed by atoms with Gasteiger partial charge in [0.1, 0.15) is 51.4 Å². The number of halogens is 5. The first-order valence-corrected chi connectivity index (χ1v) is 19.9. The summed E-state index contributed by atoms with van der Waals surface area (Å²) in [6.07, 6.45) is 8.93. The van der Waals surface area contributed by atoms with Gasteiger partial charge in [0.25, 0.3) is 11.8 Å². The van der Waals surface area contributed by atoms with E-state index in [0.717, 1.165) is 18.9 Å². The van der Waals surface area contributed by atoms with E-state index in [4.69, 9.17) is 58.3 Å². The first-order chi connectivity index (χ1) is 29.4. The van der Waals surface area contributed by atoms with Gasteiger partial charge in [0.05, 0.1) is 41.2 Å². The molecule has 2 fully saturated rings. The monoisotopic (exact) mass is 910 g/mol. The molecule has 0 bridgehead atoms. The fourth-order valence-corrected chi connectivity index (χ4v) is 6.93. The number of nitrogens with zero attached hydrogens (tertiary/aromatic N) is 13. The van der Waals surface area contributed by atoms with Crippen molar-refractivity contribution in [1.29, 1.82) is 0 Å². The smallest absolute Gasteiger partial charge is 0.257 e. The van der Waals surface area contributed by atoms with E-state index in [1.54, 1.807) is 41.1 Å². The molecule has 1 N–H and O–H groups in total. The molecule has 2 saturated heterocycles. The number of pyridine rings is 2. The van der Waals surface area contributed by atoms with E-state index in [2.05, 4.69) is 55.4 Å².